The second-order valence-electron chi connectivity index (χ2n) is 7.12. The fraction of sp³-hybridized carbons (Fsp3) is 0.529. The number of hydrogen-bond acceptors (Lipinski definition) is 3. The van der Waals surface area contributed by atoms with Crippen LogP contribution >= 0.6 is 27.5 Å². The minimum absolute atomic E-state index is 0.00502. The Kier molecular flexibility index (Phi) is 6.39. The van der Waals surface area contributed by atoms with Gasteiger partial charge >= 0.3 is 12.1 Å². The van der Waals surface area contributed by atoms with Crippen LogP contribution in [0, 0.1) is 5.82 Å². The van der Waals surface area contributed by atoms with Gasteiger partial charge in [0.15, 0.2) is 5.82 Å². The van der Waals surface area contributed by atoms with E-state index in [9.17, 15) is 14.0 Å². The lowest BCUT2D eigenvalue weighted by atomic mass is 10.2. The van der Waals surface area contributed by atoms with Gasteiger partial charge in [0.2, 0.25) is 0 Å². The predicted molar refractivity (Wildman–Crippen MR) is 102 cm³/mol. The monoisotopic (exact) mass is 449 g/mol. The van der Waals surface area contributed by atoms with Crippen molar-refractivity contribution in [1.29, 1.82) is 0 Å². The molecule has 0 spiro atoms. The standard InChI is InChI=1S/C17H22BrClFN3O3/c1-10-9-22(7-8-23(10)16(25)26-17(2,3)4)15(24)21-12-6-5-11(18)13(19)14(12)20/h5-6,10H,7-9H2,1-4H3,(H,21,24)/t10-/m1/s1. The fourth-order valence-corrected chi connectivity index (χ4v) is 3.02. The molecule has 2 rings (SSSR count). The van der Waals surface area contributed by atoms with Crippen molar-refractivity contribution in [3.63, 3.8) is 0 Å². The maximum atomic E-state index is 14.1. The Morgan fingerprint density at radius 1 is 1.35 bits per heavy atom. The van der Waals surface area contributed by atoms with Crippen molar-refractivity contribution in [3.05, 3.63) is 27.4 Å². The molecule has 1 aliphatic rings. The van der Waals surface area contributed by atoms with Crippen molar-refractivity contribution in [2.75, 3.05) is 25.0 Å². The van der Waals surface area contributed by atoms with E-state index in [1.54, 1.807) is 31.7 Å². The Morgan fingerprint density at radius 3 is 2.58 bits per heavy atom. The van der Waals surface area contributed by atoms with Crippen molar-refractivity contribution >= 4 is 45.3 Å². The summed E-state index contributed by atoms with van der Waals surface area (Å²) in [6.07, 6.45) is -0.407. The normalized spacial score (nSPS) is 17.9. The first-order valence-electron chi connectivity index (χ1n) is 8.18. The summed E-state index contributed by atoms with van der Waals surface area (Å²) in [6.45, 7) is 8.22. The molecule has 0 bridgehead atoms. The number of benzene rings is 1. The van der Waals surface area contributed by atoms with Crippen molar-refractivity contribution in [1.82, 2.24) is 9.80 Å². The van der Waals surface area contributed by atoms with Crippen LogP contribution in [-0.4, -0.2) is 53.2 Å². The zero-order valence-corrected chi connectivity index (χ0v) is 17.4. The fourth-order valence-electron chi connectivity index (χ4n) is 2.55. The summed E-state index contributed by atoms with van der Waals surface area (Å²) in [5, 5.41) is 2.43. The van der Waals surface area contributed by atoms with Gasteiger partial charge in [-0.3, -0.25) is 0 Å². The molecule has 1 saturated heterocycles. The van der Waals surface area contributed by atoms with Crippen LogP contribution in [0.1, 0.15) is 27.7 Å². The molecule has 1 heterocycles. The molecule has 0 unspecified atom stereocenters. The summed E-state index contributed by atoms with van der Waals surface area (Å²) >= 11 is 8.96. The lowest BCUT2D eigenvalue weighted by Gasteiger charge is -2.40. The zero-order valence-electron chi connectivity index (χ0n) is 15.1. The first kappa shape index (κ1) is 20.8. The average Bonchev–Trinajstić information content (AvgIpc) is 2.53. The Bertz CT molecular complexity index is 711. The summed E-state index contributed by atoms with van der Waals surface area (Å²) in [7, 11) is 0. The third-order valence-corrected chi connectivity index (χ3v) is 5.08. The van der Waals surface area contributed by atoms with E-state index in [-0.39, 0.29) is 16.8 Å². The van der Waals surface area contributed by atoms with Gasteiger partial charge in [0.1, 0.15) is 5.60 Å². The summed E-state index contributed by atoms with van der Waals surface area (Å²) < 4.78 is 19.9. The molecule has 1 aromatic carbocycles. The molecule has 9 heteroatoms. The van der Waals surface area contributed by atoms with Gasteiger partial charge in [-0.1, -0.05) is 11.6 Å². The quantitative estimate of drug-likeness (QED) is 0.630. The van der Waals surface area contributed by atoms with E-state index in [1.165, 1.54) is 11.0 Å². The molecule has 0 aromatic heterocycles. The zero-order chi connectivity index (χ0) is 19.6. The topological polar surface area (TPSA) is 61.9 Å². The van der Waals surface area contributed by atoms with E-state index < -0.39 is 23.5 Å². The number of ether oxygens (including phenoxy) is 1. The molecule has 1 fully saturated rings. The Balaban J connectivity index is 1.99. The Hall–Kier alpha value is -1.54. The molecule has 3 amide bonds. The van der Waals surface area contributed by atoms with Gasteiger partial charge in [-0.2, -0.15) is 0 Å². The van der Waals surface area contributed by atoms with Crippen LogP contribution in [0.5, 0.6) is 0 Å². The number of nitrogens with zero attached hydrogens (tertiary/aromatic N) is 2. The molecule has 0 radical (unpaired) electrons. The van der Waals surface area contributed by atoms with Crippen molar-refractivity contribution in [2.24, 2.45) is 0 Å². The highest BCUT2D eigenvalue weighted by atomic mass is 79.9. The molecule has 0 aliphatic carbocycles. The van der Waals surface area contributed by atoms with E-state index in [2.05, 4.69) is 21.2 Å². The number of carbonyl (C=O) groups is 2. The van der Waals surface area contributed by atoms with Gasteiger partial charge in [0.05, 0.1) is 10.7 Å². The van der Waals surface area contributed by atoms with Gasteiger partial charge in [0.25, 0.3) is 0 Å². The SMILES string of the molecule is C[C@@H]1CN(C(=O)Nc2ccc(Br)c(Cl)c2F)CCN1C(=O)OC(C)(C)C. The number of halogens is 3. The third kappa shape index (κ3) is 5.01. The summed E-state index contributed by atoms with van der Waals surface area (Å²) in [5.74, 6) is -0.699. The number of anilines is 1. The van der Waals surface area contributed by atoms with E-state index in [1.807, 2.05) is 6.92 Å². The van der Waals surface area contributed by atoms with Gasteiger partial charge in [0, 0.05) is 30.1 Å². The number of carbonyl (C=O) groups excluding carboxylic acids is 2. The van der Waals surface area contributed by atoms with Crippen molar-refractivity contribution < 1.29 is 18.7 Å². The number of rotatable bonds is 1. The molecular weight excluding hydrogens is 429 g/mol. The first-order valence-corrected chi connectivity index (χ1v) is 9.35. The molecule has 6 nitrogen and oxygen atoms in total. The van der Waals surface area contributed by atoms with Crippen LogP contribution in [0.3, 0.4) is 0 Å². The third-order valence-electron chi connectivity index (χ3n) is 3.82. The molecule has 144 valence electrons. The number of hydrogen-bond donors (Lipinski definition) is 1. The maximum Gasteiger partial charge on any atom is 0.410 e. The first-order chi connectivity index (χ1) is 12.0. The van der Waals surface area contributed by atoms with E-state index in [4.69, 9.17) is 16.3 Å². The summed E-state index contributed by atoms with van der Waals surface area (Å²) in [4.78, 5) is 27.8. The summed E-state index contributed by atoms with van der Waals surface area (Å²) in [6, 6.07) is 2.33. The van der Waals surface area contributed by atoms with Crippen LogP contribution in [0.15, 0.2) is 16.6 Å². The number of piperazine rings is 1. The van der Waals surface area contributed by atoms with Gasteiger partial charge in [-0.25, -0.2) is 14.0 Å². The highest BCUT2D eigenvalue weighted by molar-refractivity contribution is 9.10. The Labute approximate surface area is 165 Å². The maximum absolute atomic E-state index is 14.1. The lowest BCUT2D eigenvalue weighted by Crippen LogP contribution is -2.57. The molecule has 1 atom stereocenters. The number of amides is 3. The second kappa shape index (κ2) is 8.00. The smallest absolute Gasteiger partial charge is 0.410 e. The molecule has 0 saturated carbocycles. The van der Waals surface area contributed by atoms with Crippen LogP contribution in [0.2, 0.25) is 5.02 Å². The van der Waals surface area contributed by atoms with Crippen molar-refractivity contribution in [2.45, 2.75) is 39.3 Å². The average molecular weight is 451 g/mol. The van der Waals surface area contributed by atoms with Crippen LogP contribution in [0.4, 0.5) is 19.7 Å². The highest BCUT2D eigenvalue weighted by Crippen LogP contribution is 2.30. The largest absolute Gasteiger partial charge is 0.444 e. The van der Waals surface area contributed by atoms with Crippen LogP contribution < -0.4 is 5.32 Å². The number of nitrogens with one attached hydrogen (secondary N) is 1. The van der Waals surface area contributed by atoms with E-state index in [0.717, 1.165) is 0 Å². The molecule has 26 heavy (non-hydrogen) atoms. The molecular formula is C17H22BrClFN3O3. The van der Waals surface area contributed by atoms with Gasteiger partial charge in [-0.05, 0) is 55.8 Å². The molecule has 1 aromatic rings. The minimum atomic E-state index is -0.699. The second-order valence-corrected chi connectivity index (χ2v) is 8.35. The van der Waals surface area contributed by atoms with Crippen LogP contribution in [-0.2, 0) is 4.74 Å². The Morgan fingerprint density at radius 2 is 2.00 bits per heavy atom. The molecule has 1 N–H and O–H groups in total. The van der Waals surface area contributed by atoms with E-state index in [0.29, 0.717) is 24.1 Å². The van der Waals surface area contributed by atoms with Crippen molar-refractivity contribution in [3.8, 4) is 0 Å². The highest BCUT2D eigenvalue weighted by Gasteiger charge is 2.32. The molecule has 1 aliphatic heterocycles. The number of urea groups is 1. The minimum Gasteiger partial charge on any atom is -0.444 e. The predicted octanol–water partition coefficient (Wildman–Crippen LogP) is 4.71. The van der Waals surface area contributed by atoms with E-state index >= 15 is 0 Å². The lowest BCUT2D eigenvalue weighted by molar-refractivity contribution is 0.00589. The summed E-state index contributed by atoms with van der Waals surface area (Å²) in [5.41, 5.74) is -0.575. The van der Waals surface area contributed by atoms with Crippen LogP contribution in [0.25, 0.3) is 0 Å². The van der Waals surface area contributed by atoms with Gasteiger partial charge < -0.3 is 19.9 Å². The van der Waals surface area contributed by atoms with Gasteiger partial charge in [-0.15, -0.1) is 0 Å².